The van der Waals surface area contributed by atoms with Gasteiger partial charge in [-0.1, -0.05) is 24.3 Å². The van der Waals surface area contributed by atoms with Gasteiger partial charge in [-0.15, -0.1) is 6.58 Å². The molecule has 0 saturated carbocycles. The van der Waals surface area contributed by atoms with Gasteiger partial charge in [0.2, 0.25) is 0 Å². The molecule has 1 N–H and O–H groups in total. The van der Waals surface area contributed by atoms with Crippen LogP contribution < -0.4 is 5.32 Å². The molecule has 1 aliphatic heterocycles. The quantitative estimate of drug-likeness (QED) is 0.392. The average molecular weight is 365 g/mol. The van der Waals surface area contributed by atoms with E-state index in [0.717, 1.165) is 22.5 Å². The van der Waals surface area contributed by atoms with E-state index in [4.69, 9.17) is 12.2 Å². The van der Waals surface area contributed by atoms with Gasteiger partial charge in [0.15, 0.2) is 5.11 Å². The molecule has 132 valence electrons. The number of rotatable bonds is 4. The predicted molar refractivity (Wildman–Crippen MR) is 106 cm³/mol. The molecular weight excluding hydrogens is 346 g/mol. The Hall–Kier alpha value is -2.99. The monoisotopic (exact) mass is 365 g/mol. The maximum Gasteiger partial charge on any atom is 0.266 e. The SMILES string of the molecule is C=CCN1C(=O)C(=Cc2cccn2-c2c(C)cccc2C)C(=O)NC1=S. The first kappa shape index (κ1) is 17.8. The Labute approximate surface area is 157 Å². The minimum absolute atomic E-state index is 0.0478. The molecule has 0 radical (unpaired) electrons. The second kappa shape index (κ2) is 7.09. The first-order valence-corrected chi connectivity index (χ1v) is 8.58. The summed E-state index contributed by atoms with van der Waals surface area (Å²) in [5.41, 5.74) is 4.04. The molecule has 1 saturated heterocycles. The number of para-hydroxylation sites is 1. The number of aryl methyl sites for hydroxylation is 2. The topological polar surface area (TPSA) is 54.3 Å². The molecule has 6 heteroatoms. The van der Waals surface area contributed by atoms with Crippen LogP contribution in [0.25, 0.3) is 11.8 Å². The first-order valence-electron chi connectivity index (χ1n) is 8.17. The van der Waals surface area contributed by atoms with Gasteiger partial charge in [0.1, 0.15) is 5.57 Å². The first-order chi connectivity index (χ1) is 12.4. The second-order valence-electron chi connectivity index (χ2n) is 6.07. The molecule has 1 aromatic carbocycles. The van der Waals surface area contributed by atoms with Crippen molar-refractivity contribution in [3.8, 4) is 5.69 Å². The van der Waals surface area contributed by atoms with Crippen molar-refractivity contribution in [2.75, 3.05) is 6.54 Å². The van der Waals surface area contributed by atoms with Crippen molar-refractivity contribution in [2.45, 2.75) is 13.8 Å². The number of aromatic nitrogens is 1. The zero-order valence-corrected chi connectivity index (χ0v) is 15.5. The maximum atomic E-state index is 12.7. The zero-order valence-electron chi connectivity index (χ0n) is 14.7. The Morgan fingerprint density at radius 3 is 2.50 bits per heavy atom. The van der Waals surface area contributed by atoms with Crippen molar-refractivity contribution >= 4 is 35.2 Å². The summed E-state index contributed by atoms with van der Waals surface area (Å²) < 4.78 is 1.98. The van der Waals surface area contributed by atoms with Gasteiger partial charge in [-0.25, -0.2) is 0 Å². The Morgan fingerprint density at radius 1 is 1.15 bits per heavy atom. The van der Waals surface area contributed by atoms with Crippen LogP contribution in [0.4, 0.5) is 0 Å². The van der Waals surface area contributed by atoms with Crippen LogP contribution in [-0.2, 0) is 9.59 Å². The summed E-state index contributed by atoms with van der Waals surface area (Å²) in [7, 11) is 0. The third-order valence-corrected chi connectivity index (χ3v) is 4.57. The summed E-state index contributed by atoms with van der Waals surface area (Å²) in [6, 6.07) is 9.81. The number of nitrogens with zero attached hydrogens (tertiary/aromatic N) is 2. The highest BCUT2D eigenvalue weighted by atomic mass is 32.1. The Morgan fingerprint density at radius 2 is 1.85 bits per heavy atom. The van der Waals surface area contributed by atoms with Gasteiger partial charge in [0, 0.05) is 18.4 Å². The summed E-state index contributed by atoms with van der Waals surface area (Å²) in [6.45, 7) is 7.93. The smallest absolute Gasteiger partial charge is 0.266 e. The molecule has 0 spiro atoms. The highest BCUT2D eigenvalue weighted by Crippen LogP contribution is 2.23. The van der Waals surface area contributed by atoms with E-state index in [2.05, 4.69) is 11.9 Å². The van der Waals surface area contributed by atoms with Crippen LogP contribution in [0.5, 0.6) is 0 Å². The van der Waals surface area contributed by atoms with E-state index in [9.17, 15) is 9.59 Å². The Balaban J connectivity index is 2.07. The fourth-order valence-electron chi connectivity index (χ4n) is 3.04. The minimum Gasteiger partial charge on any atom is -0.317 e. The number of carbonyl (C=O) groups excluding carboxylic acids is 2. The molecule has 1 fully saturated rings. The van der Waals surface area contributed by atoms with E-state index in [1.165, 1.54) is 4.90 Å². The molecule has 2 heterocycles. The van der Waals surface area contributed by atoms with Crippen molar-refractivity contribution in [2.24, 2.45) is 0 Å². The number of amides is 2. The fraction of sp³-hybridized carbons (Fsp3) is 0.150. The molecule has 0 bridgehead atoms. The normalized spacial score (nSPS) is 16.2. The molecule has 0 atom stereocenters. The predicted octanol–water partition coefficient (Wildman–Crippen LogP) is 2.91. The van der Waals surface area contributed by atoms with Crippen LogP contribution in [0.1, 0.15) is 16.8 Å². The van der Waals surface area contributed by atoms with Crippen LogP contribution in [-0.4, -0.2) is 32.9 Å². The van der Waals surface area contributed by atoms with Crippen LogP contribution in [0, 0.1) is 13.8 Å². The van der Waals surface area contributed by atoms with Crippen LogP contribution >= 0.6 is 12.2 Å². The second-order valence-corrected chi connectivity index (χ2v) is 6.45. The number of nitrogens with one attached hydrogen (secondary N) is 1. The summed E-state index contributed by atoms with van der Waals surface area (Å²) in [6.07, 6.45) is 5.08. The molecule has 1 aromatic heterocycles. The van der Waals surface area contributed by atoms with Crippen molar-refractivity contribution in [1.29, 1.82) is 0 Å². The number of carbonyl (C=O) groups is 2. The molecule has 5 nitrogen and oxygen atoms in total. The summed E-state index contributed by atoms with van der Waals surface area (Å²) in [5.74, 6) is -0.914. The maximum absolute atomic E-state index is 12.7. The number of benzene rings is 1. The third kappa shape index (κ3) is 3.11. The molecule has 3 rings (SSSR count). The fourth-order valence-corrected chi connectivity index (χ4v) is 3.29. The number of hydrogen-bond acceptors (Lipinski definition) is 3. The Kier molecular flexibility index (Phi) is 4.86. The van der Waals surface area contributed by atoms with Gasteiger partial charge in [-0.05, 0) is 55.4 Å². The van der Waals surface area contributed by atoms with Gasteiger partial charge >= 0.3 is 0 Å². The van der Waals surface area contributed by atoms with Crippen molar-refractivity contribution in [3.63, 3.8) is 0 Å². The Bertz CT molecular complexity index is 935. The van der Waals surface area contributed by atoms with E-state index >= 15 is 0 Å². The van der Waals surface area contributed by atoms with Crippen LogP contribution in [0.2, 0.25) is 0 Å². The number of hydrogen-bond donors (Lipinski definition) is 1. The molecule has 2 aromatic rings. The third-order valence-electron chi connectivity index (χ3n) is 4.25. The van der Waals surface area contributed by atoms with Crippen molar-refractivity contribution in [1.82, 2.24) is 14.8 Å². The van der Waals surface area contributed by atoms with Gasteiger partial charge < -0.3 is 4.57 Å². The standard InChI is InChI=1S/C20H19N3O2S/c1-4-10-23-19(25)16(18(24)21-20(23)26)12-15-9-6-11-22(15)17-13(2)7-5-8-14(17)3/h4-9,11-12H,1,10H2,2-3H3,(H,21,24,26). The van der Waals surface area contributed by atoms with Gasteiger partial charge in [-0.3, -0.25) is 19.8 Å². The molecule has 26 heavy (non-hydrogen) atoms. The van der Waals surface area contributed by atoms with Gasteiger partial charge in [-0.2, -0.15) is 0 Å². The van der Waals surface area contributed by atoms with E-state index in [-0.39, 0.29) is 17.2 Å². The van der Waals surface area contributed by atoms with E-state index in [0.29, 0.717) is 0 Å². The molecule has 0 unspecified atom stereocenters. The average Bonchev–Trinajstić information content (AvgIpc) is 3.03. The summed E-state index contributed by atoms with van der Waals surface area (Å²) >= 11 is 5.08. The van der Waals surface area contributed by atoms with E-state index in [1.54, 1.807) is 12.2 Å². The lowest BCUT2D eigenvalue weighted by Gasteiger charge is -2.27. The lowest BCUT2D eigenvalue weighted by atomic mass is 10.1. The van der Waals surface area contributed by atoms with Crippen LogP contribution in [0.15, 0.2) is 54.8 Å². The molecular formula is C20H19N3O2S. The van der Waals surface area contributed by atoms with E-state index in [1.807, 2.05) is 54.9 Å². The molecule has 2 amide bonds. The zero-order chi connectivity index (χ0) is 18.8. The van der Waals surface area contributed by atoms with Crippen molar-refractivity contribution in [3.05, 3.63) is 71.6 Å². The lowest BCUT2D eigenvalue weighted by Crippen LogP contribution is -2.53. The minimum atomic E-state index is -0.491. The molecule has 0 aliphatic carbocycles. The summed E-state index contributed by atoms with van der Waals surface area (Å²) in [4.78, 5) is 26.3. The van der Waals surface area contributed by atoms with Gasteiger partial charge in [0.25, 0.3) is 11.8 Å². The van der Waals surface area contributed by atoms with Gasteiger partial charge in [0.05, 0.1) is 5.69 Å². The summed E-state index contributed by atoms with van der Waals surface area (Å²) in [5, 5.41) is 2.66. The van der Waals surface area contributed by atoms with E-state index < -0.39 is 11.8 Å². The lowest BCUT2D eigenvalue weighted by molar-refractivity contribution is -0.128. The van der Waals surface area contributed by atoms with Crippen LogP contribution in [0.3, 0.4) is 0 Å². The largest absolute Gasteiger partial charge is 0.317 e. The van der Waals surface area contributed by atoms with Crippen molar-refractivity contribution < 1.29 is 9.59 Å². The highest BCUT2D eigenvalue weighted by molar-refractivity contribution is 7.80. The number of thiocarbonyl (C=S) groups is 1. The highest BCUT2D eigenvalue weighted by Gasteiger charge is 2.32. The molecule has 1 aliphatic rings.